The third-order valence-electron chi connectivity index (χ3n) is 3.54. The van der Waals surface area contributed by atoms with Crippen molar-refractivity contribution in [3.05, 3.63) is 0 Å². The van der Waals surface area contributed by atoms with E-state index in [0.717, 1.165) is 12.8 Å². The fraction of sp³-hybridized carbons (Fsp3) is 1.00. The van der Waals surface area contributed by atoms with Gasteiger partial charge in [-0.3, -0.25) is 0 Å². The van der Waals surface area contributed by atoms with Gasteiger partial charge in [0.2, 0.25) is 10.0 Å². The van der Waals surface area contributed by atoms with Gasteiger partial charge in [0, 0.05) is 13.1 Å². The summed E-state index contributed by atoms with van der Waals surface area (Å²) in [4.78, 5) is 0. The molecule has 0 amide bonds. The minimum Gasteiger partial charge on any atom is -0.330 e. The smallest absolute Gasteiger partial charge is 0.219 e. The van der Waals surface area contributed by atoms with Gasteiger partial charge < -0.3 is 5.73 Å². The van der Waals surface area contributed by atoms with E-state index < -0.39 is 14.8 Å². The summed E-state index contributed by atoms with van der Waals surface area (Å²) >= 11 is 0. The summed E-state index contributed by atoms with van der Waals surface area (Å²) in [7, 11) is -3.17. The van der Waals surface area contributed by atoms with Crippen LogP contribution in [-0.2, 0) is 10.0 Å². The van der Waals surface area contributed by atoms with Crippen molar-refractivity contribution in [2.75, 3.05) is 19.6 Å². The lowest BCUT2D eigenvalue weighted by atomic mass is 9.81. The van der Waals surface area contributed by atoms with Crippen molar-refractivity contribution in [2.45, 2.75) is 45.3 Å². The zero-order valence-electron chi connectivity index (χ0n) is 10.8. The van der Waals surface area contributed by atoms with E-state index in [1.165, 1.54) is 0 Å². The SMILES string of the molecule is CC1(CN)CCN(S(=O)(=O)C(C)(C)C)CC1. The first-order valence-electron chi connectivity index (χ1n) is 5.82. The average Bonchev–Trinajstić information content (AvgIpc) is 2.17. The molecule has 1 heterocycles. The molecule has 0 unspecified atom stereocenters. The largest absolute Gasteiger partial charge is 0.330 e. The Hall–Kier alpha value is -0.130. The maximum Gasteiger partial charge on any atom is 0.219 e. The van der Waals surface area contributed by atoms with Gasteiger partial charge in [0.25, 0.3) is 0 Å². The molecule has 0 aliphatic carbocycles. The quantitative estimate of drug-likeness (QED) is 0.798. The normalized spacial score (nSPS) is 23.3. The Morgan fingerprint density at radius 3 is 2.00 bits per heavy atom. The fourth-order valence-corrected chi connectivity index (χ4v) is 3.30. The first kappa shape index (κ1) is 13.9. The standard InChI is InChI=1S/C11H24N2O2S/c1-10(2,3)16(14,15)13-7-5-11(4,9-12)6-8-13/h5-9,12H2,1-4H3. The van der Waals surface area contributed by atoms with Crippen molar-refractivity contribution >= 4 is 10.0 Å². The predicted octanol–water partition coefficient (Wildman–Crippen LogP) is 1.18. The van der Waals surface area contributed by atoms with Gasteiger partial charge in [-0.25, -0.2) is 12.7 Å². The van der Waals surface area contributed by atoms with E-state index in [-0.39, 0.29) is 5.41 Å². The number of hydrogen-bond donors (Lipinski definition) is 1. The van der Waals surface area contributed by atoms with Crippen LogP contribution >= 0.6 is 0 Å². The number of rotatable bonds is 2. The Balaban J connectivity index is 2.76. The third kappa shape index (κ3) is 2.57. The maximum absolute atomic E-state index is 12.2. The van der Waals surface area contributed by atoms with Gasteiger partial charge >= 0.3 is 0 Å². The summed E-state index contributed by atoms with van der Waals surface area (Å²) in [5.41, 5.74) is 5.82. The Morgan fingerprint density at radius 1 is 1.25 bits per heavy atom. The highest BCUT2D eigenvalue weighted by atomic mass is 32.2. The first-order valence-corrected chi connectivity index (χ1v) is 7.26. The molecule has 16 heavy (non-hydrogen) atoms. The summed E-state index contributed by atoms with van der Waals surface area (Å²) < 4.78 is 25.3. The van der Waals surface area contributed by atoms with Crippen LogP contribution in [0, 0.1) is 5.41 Å². The number of sulfonamides is 1. The molecule has 0 bridgehead atoms. The van der Waals surface area contributed by atoms with Gasteiger partial charge in [0.05, 0.1) is 4.75 Å². The van der Waals surface area contributed by atoms with Crippen LogP contribution in [0.1, 0.15) is 40.5 Å². The molecular formula is C11H24N2O2S. The Kier molecular flexibility index (Phi) is 3.72. The van der Waals surface area contributed by atoms with Gasteiger partial charge in [-0.2, -0.15) is 0 Å². The Bertz CT molecular complexity index is 335. The molecule has 0 spiro atoms. The second-order valence-electron chi connectivity index (χ2n) is 6.03. The zero-order valence-corrected chi connectivity index (χ0v) is 11.6. The van der Waals surface area contributed by atoms with Crippen LogP contribution in [0.25, 0.3) is 0 Å². The van der Waals surface area contributed by atoms with Crippen LogP contribution in [0.4, 0.5) is 0 Å². The van der Waals surface area contributed by atoms with E-state index in [0.29, 0.717) is 19.6 Å². The van der Waals surface area contributed by atoms with E-state index in [4.69, 9.17) is 5.73 Å². The number of nitrogens with two attached hydrogens (primary N) is 1. The van der Waals surface area contributed by atoms with Crippen LogP contribution in [-0.4, -0.2) is 37.1 Å². The van der Waals surface area contributed by atoms with E-state index in [9.17, 15) is 8.42 Å². The van der Waals surface area contributed by atoms with Crippen LogP contribution in [0.2, 0.25) is 0 Å². The van der Waals surface area contributed by atoms with E-state index in [1.807, 2.05) is 0 Å². The van der Waals surface area contributed by atoms with Crippen molar-refractivity contribution in [3.63, 3.8) is 0 Å². The molecule has 1 aliphatic heterocycles. The van der Waals surface area contributed by atoms with Crippen molar-refractivity contribution in [1.29, 1.82) is 0 Å². The highest BCUT2D eigenvalue weighted by molar-refractivity contribution is 7.90. The van der Waals surface area contributed by atoms with Crippen LogP contribution in [0.3, 0.4) is 0 Å². The number of piperidine rings is 1. The Morgan fingerprint density at radius 2 is 1.69 bits per heavy atom. The summed E-state index contributed by atoms with van der Waals surface area (Å²) in [5.74, 6) is 0. The average molecular weight is 248 g/mol. The highest BCUT2D eigenvalue weighted by Crippen LogP contribution is 2.32. The molecule has 0 aromatic carbocycles. The molecular weight excluding hydrogens is 224 g/mol. The van der Waals surface area contributed by atoms with Gasteiger partial charge in [-0.1, -0.05) is 6.92 Å². The van der Waals surface area contributed by atoms with Gasteiger partial charge in [0.1, 0.15) is 0 Å². The van der Waals surface area contributed by atoms with Gasteiger partial charge in [-0.15, -0.1) is 0 Å². The zero-order chi connectivity index (χ0) is 12.6. The molecule has 2 N–H and O–H groups in total. The molecule has 1 fully saturated rings. The predicted molar refractivity (Wildman–Crippen MR) is 66.6 cm³/mol. The summed E-state index contributed by atoms with van der Waals surface area (Å²) in [6.45, 7) is 9.22. The number of hydrogen-bond acceptors (Lipinski definition) is 3. The first-order chi connectivity index (χ1) is 7.12. The molecule has 1 saturated heterocycles. The topological polar surface area (TPSA) is 63.4 Å². The lowest BCUT2D eigenvalue weighted by Crippen LogP contribution is -2.49. The molecule has 1 rings (SSSR count). The molecule has 1 aliphatic rings. The van der Waals surface area contributed by atoms with Crippen molar-refractivity contribution in [2.24, 2.45) is 11.1 Å². The molecule has 0 radical (unpaired) electrons. The van der Waals surface area contributed by atoms with Crippen LogP contribution < -0.4 is 5.73 Å². The van der Waals surface area contributed by atoms with Gasteiger partial charge in [0.15, 0.2) is 0 Å². The number of nitrogens with zero attached hydrogens (tertiary/aromatic N) is 1. The van der Waals surface area contributed by atoms with Crippen LogP contribution in [0.15, 0.2) is 0 Å². The van der Waals surface area contributed by atoms with E-state index in [2.05, 4.69) is 6.92 Å². The summed E-state index contributed by atoms with van der Waals surface area (Å²) in [6, 6.07) is 0. The summed E-state index contributed by atoms with van der Waals surface area (Å²) in [6.07, 6.45) is 1.72. The second kappa shape index (κ2) is 4.27. The van der Waals surface area contributed by atoms with E-state index in [1.54, 1.807) is 25.1 Å². The molecule has 96 valence electrons. The summed E-state index contributed by atoms with van der Waals surface area (Å²) in [5, 5.41) is 0. The molecule has 4 nitrogen and oxygen atoms in total. The Labute approximate surface area is 99.2 Å². The minimum absolute atomic E-state index is 0.115. The molecule has 0 saturated carbocycles. The molecule has 5 heteroatoms. The van der Waals surface area contributed by atoms with Crippen molar-refractivity contribution < 1.29 is 8.42 Å². The monoisotopic (exact) mass is 248 g/mol. The minimum atomic E-state index is -3.17. The molecule has 0 aromatic heterocycles. The van der Waals surface area contributed by atoms with Crippen molar-refractivity contribution in [3.8, 4) is 0 Å². The fourth-order valence-electron chi connectivity index (χ4n) is 1.86. The molecule has 0 aromatic rings. The lowest BCUT2D eigenvalue weighted by molar-refractivity contribution is 0.180. The third-order valence-corrected chi connectivity index (χ3v) is 6.13. The second-order valence-corrected chi connectivity index (χ2v) is 8.72. The molecule has 0 atom stereocenters. The van der Waals surface area contributed by atoms with Gasteiger partial charge in [-0.05, 0) is 45.6 Å². The van der Waals surface area contributed by atoms with Crippen LogP contribution in [0.5, 0.6) is 0 Å². The maximum atomic E-state index is 12.2. The van der Waals surface area contributed by atoms with E-state index >= 15 is 0 Å². The highest BCUT2D eigenvalue weighted by Gasteiger charge is 2.39. The van der Waals surface area contributed by atoms with Crippen molar-refractivity contribution in [1.82, 2.24) is 4.31 Å². The lowest BCUT2D eigenvalue weighted by Gasteiger charge is -2.40.